The summed E-state index contributed by atoms with van der Waals surface area (Å²) >= 11 is 0. The molecular weight excluding hydrogens is 364 g/mol. The van der Waals surface area contributed by atoms with Gasteiger partial charge in [-0.1, -0.05) is 12.0 Å². The summed E-state index contributed by atoms with van der Waals surface area (Å²) in [6, 6.07) is 7.86. The molecule has 7 heteroatoms. The van der Waals surface area contributed by atoms with E-state index in [9.17, 15) is 4.79 Å². The number of aryl methyl sites for hydroxylation is 1. The summed E-state index contributed by atoms with van der Waals surface area (Å²) in [6.45, 7) is 6.23. The summed E-state index contributed by atoms with van der Waals surface area (Å²) in [6.07, 6.45) is 3.83. The Morgan fingerprint density at radius 1 is 1.28 bits per heavy atom. The highest BCUT2D eigenvalue weighted by molar-refractivity contribution is 5.78. The van der Waals surface area contributed by atoms with Crippen molar-refractivity contribution in [2.75, 3.05) is 18.0 Å². The molecule has 3 aromatic rings. The molecule has 1 fully saturated rings. The molecule has 0 saturated carbocycles. The van der Waals surface area contributed by atoms with Crippen molar-refractivity contribution in [3.63, 3.8) is 0 Å². The zero-order chi connectivity index (χ0) is 20.4. The molecule has 0 aromatic carbocycles. The number of nitrogens with two attached hydrogens (primary N) is 1. The van der Waals surface area contributed by atoms with Crippen LogP contribution in [-0.2, 0) is 13.1 Å². The van der Waals surface area contributed by atoms with E-state index in [1.807, 2.05) is 35.8 Å². The van der Waals surface area contributed by atoms with Crippen LogP contribution < -0.4 is 16.2 Å². The number of pyridine rings is 2. The highest BCUT2D eigenvalue weighted by Gasteiger charge is 2.24. The Labute approximate surface area is 170 Å². The first kappa shape index (κ1) is 19.2. The third kappa shape index (κ3) is 3.89. The Balaban J connectivity index is 1.80. The van der Waals surface area contributed by atoms with Gasteiger partial charge in [0.15, 0.2) is 0 Å². The molecule has 0 aliphatic carbocycles. The zero-order valence-electron chi connectivity index (χ0n) is 16.9. The normalized spacial score (nSPS) is 16.7. The van der Waals surface area contributed by atoms with Crippen molar-refractivity contribution < 1.29 is 0 Å². The average molecular weight is 390 g/mol. The largest absolute Gasteiger partial charge is 0.341 e. The van der Waals surface area contributed by atoms with Crippen LogP contribution in [0.15, 0.2) is 35.3 Å². The lowest BCUT2D eigenvalue weighted by Crippen LogP contribution is -2.44. The molecule has 3 aromatic heterocycles. The van der Waals surface area contributed by atoms with Gasteiger partial charge in [-0.15, -0.1) is 5.92 Å². The van der Waals surface area contributed by atoms with Crippen molar-refractivity contribution in [1.29, 1.82) is 0 Å². The van der Waals surface area contributed by atoms with Crippen molar-refractivity contribution in [3.8, 4) is 11.8 Å². The smallest absolute Gasteiger partial charge is 0.277 e. The Morgan fingerprint density at radius 2 is 2.14 bits per heavy atom. The molecular formula is C22H26N6O. The van der Waals surface area contributed by atoms with Crippen LogP contribution in [0.5, 0.6) is 0 Å². The molecule has 4 heterocycles. The number of imidazole rings is 1. The molecule has 0 radical (unpaired) electrons. The molecule has 29 heavy (non-hydrogen) atoms. The minimum absolute atomic E-state index is 0.0798. The van der Waals surface area contributed by atoms with E-state index < -0.39 is 0 Å². The van der Waals surface area contributed by atoms with E-state index in [4.69, 9.17) is 10.7 Å². The van der Waals surface area contributed by atoms with Crippen LogP contribution in [0.1, 0.15) is 31.2 Å². The fourth-order valence-electron chi connectivity index (χ4n) is 3.89. The van der Waals surface area contributed by atoms with Gasteiger partial charge < -0.3 is 15.2 Å². The predicted molar refractivity (Wildman–Crippen MR) is 115 cm³/mol. The minimum atomic E-state index is -0.0798. The van der Waals surface area contributed by atoms with Crippen LogP contribution in [0.2, 0.25) is 0 Å². The predicted octanol–water partition coefficient (Wildman–Crippen LogP) is 1.90. The van der Waals surface area contributed by atoms with Crippen LogP contribution in [-0.4, -0.2) is 38.2 Å². The van der Waals surface area contributed by atoms with E-state index in [1.165, 1.54) is 0 Å². The molecule has 0 bridgehead atoms. The molecule has 7 nitrogen and oxygen atoms in total. The van der Waals surface area contributed by atoms with Crippen LogP contribution in [0.3, 0.4) is 0 Å². The number of rotatable bonds is 4. The highest BCUT2D eigenvalue weighted by Crippen LogP contribution is 2.23. The number of aromatic nitrogens is 4. The first-order valence-corrected chi connectivity index (χ1v) is 9.99. The van der Waals surface area contributed by atoms with Crippen molar-refractivity contribution in [2.24, 2.45) is 5.73 Å². The van der Waals surface area contributed by atoms with Gasteiger partial charge in [0.05, 0.1) is 24.3 Å². The first-order valence-electron chi connectivity index (χ1n) is 9.99. The summed E-state index contributed by atoms with van der Waals surface area (Å²) in [5, 5.41) is 0. The second kappa shape index (κ2) is 8.10. The maximum atomic E-state index is 13.3. The number of piperidine rings is 1. The van der Waals surface area contributed by atoms with Crippen LogP contribution in [0, 0.1) is 18.8 Å². The van der Waals surface area contributed by atoms with Crippen LogP contribution in [0.4, 0.5) is 5.95 Å². The van der Waals surface area contributed by atoms with Gasteiger partial charge in [0.1, 0.15) is 5.52 Å². The zero-order valence-corrected chi connectivity index (χ0v) is 16.9. The van der Waals surface area contributed by atoms with Crippen molar-refractivity contribution in [1.82, 2.24) is 19.1 Å². The van der Waals surface area contributed by atoms with Crippen LogP contribution >= 0.6 is 0 Å². The summed E-state index contributed by atoms with van der Waals surface area (Å²) < 4.78 is 3.62. The maximum absolute atomic E-state index is 13.3. The summed E-state index contributed by atoms with van der Waals surface area (Å²) in [5.74, 6) is 6.80. The fourth-order valence-corrected chi connectivity index (χ4v) is 3.89. The number of hydrogen-bond donors (Lipinski definition) is 1. The van der Waals surface area contributed by atoms with Gasteiger partial charge in [0.25, 0.3) is 5.56 Å². The van der Waals surface area contributed by atoms with E-state index >= 15 is 0 Å². The lowest BCUT2D eigenvalue weighted by atomic mass is 10.1. The third-order valence-electron chi connectivity index (χ3n) is 5.28. The lowest BCUT2D eigenvalue weighted by molar-refractivity contribution is 0.496. The Hall–Kier alpha value is -3.11. The first-order chi connectivity index (χ1) is 14.1. The molecule has 1 aliphatic heterocycles. The van der Waals surface area contributed by atoms with Gasteiger partial charge >= 0.3 is 0 Å². The molecule has 150 valence electrons. The third-order valence-corrected chi connectivity index (χ3v) is 5.28. The molecule has 1 aliphatic rings. The standard InChI is InChI=1S/C22H26N6O/c1-3-4-12-28-20-19(25-22(28)27-11-6-8-17(23)14-27)10-13-26(21(20)29)15-18-9-5-7-16(2)24-18/h5,7,9-10,13,17H,6,8,11-12,14-15,23H2,1-2H3. The van der Waals surface area contributed by atoms with Gasteiger partial charge in [-0.3, -0.25) is 14.3 Å². The van der Waals surface area contributed by atoms with E-state index in [0.717, 1.165) is 43.3 Å². The average Bonchev–Trinajstić information content (AvgIpc) is 3.08. The fraction of sp³-hybridized carbons (Fsp3) is 0.409. The van der Waals surface area contributed by atoms with Gasteiger partial charge in [0.2, 0.25) is 5.95 Å². The molecule has 1 unspecified atom stereocenters. The topological polar surface area (TPSA) is 82.0 Å². The monoisotopic (exact) mass is 390 g/mol. The molecule has 0 spiro atoms. The molecule has 2 N–H and O–H groups in total. The van der Waals surface area contributed by atoms with E-state index in [0.29, 0.717) is 24.1 Å². The van der Waals surface area contributed by atoms with Crippen molar-refractivity contribution in [2.45, 2.75) is 45.8 Å². The Morgan fingerprint density at radius 3 is 2.90 bits per heavy atom. The van der Waals surface area contributed by atoms with Crippen LogP contribution in [0.25, 0.3) is 11.0 Å². The second-order valence-corrected chi connectivity index (χ2v) is 7.53. The van der Waals surface area contributed by atoms with Gasteiger partial charge in [-0.2, -0.15) is 0 Å². The van der Waals surface area contributed by atoms with E-state index in [-0.39, 0.29) is 11.6 Å². The highest BCUT2D eigenvalue weighted by atomic mass is 16.1. The summed E-state index contributed by atoms with van der Waals surface area (Å²) in [4.78, 5) is 24.8. The quantitative estimate of drug-likeness (QED) is 0.688. The molecule has 1 saturated heterocycles. The summed E-state index contributed by atoms with van der Waals surface area (Å²) in [7, 11) is 0. The number of fused-ring (bicyclic) bond motifs is 1. The number of anilines is 1. The van der Waals surface area contributed by atoms with E-state index in [1.54, 1.807) is 17.7 Å². The molecule has 1 atom stereocenters. The minimum Gasteiger partial charge on any atom is -0.341 e. The Kier molecular flexibility index (Phi) is 5.36. The lowest BCUT2D eigenvalue weighted by Gasteiger charge is -2.31. The van der Waals surface area contributed by atoms with E-state index in [2.05, 4.69) is 21.7 Å². The number of hydrogen-bond acceptors (Lipinski definition) is 5. The summed E-state index contributed by atoms with van der Waals surface area (Å²) in [5.41, 5.74) is 9.16. The maximum Gasteiger partial charge on any atom is 0.277 e. The van der Waals surface area contributed by atoms with Crippen molar-refractivity contribution >= 4 is 17.0 Å². The Bertz CT molecular complexity index is 1150. The SMILES string of the molecule is CC#CCn1c(N2CCCC(N)C2)nc2ccn(Cc3cccc(C)n3)c(=O)c21. The van der Waals surface area contributed by atoms with Gasteiger partial charge in [0, 0.05) is 31.0 Å². The second-order valence-electron chi connectivity index (χ2n) is 7.53. The van der Waals surface area contributed by atoms with Gasteiger partial charge in [-0.25, -0.2) is 4.98 Å². The van der Waals surface area contributed by atoms with Crippen molar-refractivity contribution in [3.05, 3.63) is 52.2 Å². The van der Waals surface area contributed by atoms with Gasteiger partial charge in [-0.05, 0) is 44.9 Å². The number of nitrogens with zero attached hydrogens (tertiary/aromatic N) is 5. The molecule has 0 amide bonds. The molecule has 4 rings (SSSR count).